The second-order valence-electron chi connectivity index (χ2n) is 6.73. The highest BCUT2D eigenvalue weighted by atomic mass is 32.1. The summed E-state index contributed by atoms with van der Waals surface area (Å²) in [5.41, 5.74) is 3.48. The number of methoxy groups -OCH3 is 1. The van der Waals surface area contributed by atoms with Crippen LogP contribution in [0.3, 0.4) is 0 Å². The summed E-state index contributed by atoms with van der Waals surface area (Å²) < 4.78 is 5.88. The molecule has 0 atom stereocenters. The molecule has 0 unspecified atom stereocenters. The smallest absolute Gasteiger partial charge is 0.308 e. The lowest BCUT2D eigenvalue weighted by Crippen LogP contribution is -2.62. The normalized spacial score (nSPS) is 19.8. The first-order chi connectivity index (χ1) is 12.2. The zero-order chi connectivity index (χ0) is 17.4. The highest BCUT2D eigenvalue weighted by Gasteiger charge is 2.37. The van der Waals surface area contributed by atoms with Gasteiger partial charge in [-0.25, -0.2) is 4.98 Å². The molecule has 2 saturated heterocycles. The number of carbonyl (C=O) groups excluding carboxylic acids is 2. The number of thiazole rings is 1. The van der Waals surface area contributed by atoms with E-state index in [1.165, 1.54) is 7.11 Å². The zero-order valence-electron chi connectivity index (χ0n) is 14.2. The number of hydrogen-bond acceptors (Lipinski definition) is 6. The van der Waals surface area contributed by atoms with Gasteiger partial charge in [-0.3, -0.25) is 14.5 Å². The third-order valence-corrected chi connectivity index (χ3v) is 6.10. The van der Waals surface area contributed by atoms with Crippen LogP contribution in [0.1, 0.15) is 23.2 Å². The van der Waals surface area contributed by atoms with Crippen LogP contribution in [0.15, 0.2) is 23.7 Å². The molecule has 1 aromatic heterocycles. The first-order valence-corrected chi connectivity index (χ1v) is 9.48. The number of amides is 1. The molecule has 132 valence electrons. The van der Waals surface area contributed by atoms with Crippen LogP contribution in [-0.2, 0) is 9.53 Å². The topological polar surface area (TPSA) is 62.7 Å². The summed E-state index contributed by atoms with van der Waals surface area (Å²) in [6.45, 7) is 3.34. The number of piperidine rings is 1. The summed E-state index contributed by atoms with van der Waals surface area (Å²) in [5, 5.41) is 0. The first kappa shape index (κ1) is 16.5. The van der Waals surface area contributed by atoms with Crippen molar-refractivity contribution in [2.45, 2.75) is 18.9 Å². The highest BCUT2D eigenvalue weighted by molar-refractivity contribution is 7.16. The van der Waals surface area contributed by atoms with E-state index >= 15 is 0 Å². The van der Waals surface area contributed by atoms with Gasteiger partial charge in [0.25, 0.3) is 5.91 Å². The van der Waals surface area contributed by atoms with Gasteiger partial charge in [0.15, 0.2) is 0 Å². The van der Waals surface area contributed by atoms with Crippen molar-refractivity contribution in [3.63, 3.8) is 0 Å². The van der Waals surface area contributed by atoms with Gasteiger partial charge in [-0.2, -0.15) is 0 Å². The van der Waals surface area contributed by atoms with Crippen molar-refractivity contribution in [1.82, 2.24) is 14.8 Å². The maximum Gasteiger partial charge on any atom is 0.308 e. The molecule has 0 saturated carbocycles. The van der Waals surface area contributed by atoms with Gasteiger partial charge < -0.3 is 9.64 Å². The van der Waals surface area contributed by atoms with E-state index in [0.717, 1.165) is 54.8 Å². The summed E-state index contributed by atoms with van der Waals surface area (Å²) in [5.74, 6) is 0.0321. The third kappa shape index (κ3) is 3.14. The number of carbonyl (C=O) groups is 2. The maximum atomic E-state index is 12.6. The summed E-state index contributed by atoms with van der Waals surface area (Å²) in [4.78, 5) is 32.8. The van der Waals surface area contributed by atoms with Crippen molar-refractivity contribution in [2.24, 2.45) is 5.92 Å². The first-order valence-electron chi connectivity index (χ1n) is 8.60. The van der Waals surface area contributed by atoms with Gasteiger partial charge in [-0.05, 0) is 44.1 Å². The SMILES string of the molecule is COC(=O)C1CCN(C2CN(C(=O)c3ccc4ncsc4c3)C2)CC1. The van der Waals surface area contributed by atoms with Gasteiger partial charge in [0.1, 0.15) is 0 Å². The molecule has 4 rings (SSSR count). The van der Waals surface area contributed by atoms with Crippen LogP contribution < -0.4 is 0 Å². The Morgan fingerprint density at radius 3 is 2.72 bits per heavy atom. The fourth-order valence-electron chi connectivity index (χ4n) is 3.69. The molecule has 2 fully saturated rings. The number of ether oxygens (including phenoxy) is 1. The number of hydrogen-bond donors (Lipinski definition) is 0. The maximum absolute atomic E-state index is 12.6. The summed E-state index contributed by atoms with van der Waals surface area (Å²) in [6.07, 6.45) is 1.69. The van der Waals surface area contributed by atoms with Crippen LogP contribution in [-0.4, -0.2) is 66.0 Å². The Morgan fingerprint density at radius 2 is 2.00 bits per heavy atom. The Labute approximate surface area is 150 Å². The predicted molar refractivity (Wildman–Crippen MR) is 95.6 cm³/mol. The second-order valence-corrected chi connectivity index (χ2v) is 7.62. The van der Waals surface area contributed by atoms with E-state index < -0.39 is 0 Å². The molecule has 1 aromatic carbocycles. The van der Waals surface area contributed by atoms with Gasteiger partial charge in [0.2, 0.25) is 0 Å². The van der Waals surface area contributed by atoms with Crippen molar-refractivity contribution >= 4 is 33.4 Å². The molecule has 2 aromatic rings. The molecule has 7 heteroatoms. The number of nitrogens with zero attached hydrogens (tertiary/aromatic N) is 3. The minimum atomic E-state index is -0.0940. The molecule has 0 spiro atoms. The fraction of sp³-hybridized carbons (Fsp3) is 0.500. The van der Waals surface area contributed by atoms with Gasteiger partial charge in [0.05, 0.1) is 28.8 Å². The summed E-state index contributed by atoms with van der Waals surface area (Å²) in [7, 11) is 1.45. The van der Waals surface area contributed by atoms with Gasteiger partial charge in [-0.15, -0.1) is 11.3 Å². The van der Waals surface area contributed by atoms with E-state index in [1.54, 1.807) is 16.8 Å². The molecular weight excluding hydrogens is 338 g/mol. The molecule has 0 N–H and O–H groups in total. The lowest BCUT2D eigenvalue weighted by atomic mass is 9.94. The van der Waals surface area contributed by atoms with Crippen LogP contribution in [0.5, 0.6) is 0 Å². The Morgan fingerprint density at radius 1 is 1.24 bits per heavy atom. The van der Waals surface area contributed by atoms with E-state index in [0.29, 0.717) is 6.04 Å². The van der Waals surface area contributed by atoms with E-state index in [9.17, 15) is 9.59 Å². The lowest BCUT2D eigenvalue weighted by molar-refractivity contribution is -0.147. The quantitative estimate of drug-likeness (QED) is 0.785. The van der Waals surface area contributed by atoms with Gasteiger partial charge in [0, 0.05) is 24.7 Å². The molecule has 0 aliphatic carbocycles. The number of esters is 1. The van der Waals surface area contributed by atoms with Crippen LogP contribution in [0.2, 0.25) is 0 Å². The lowest BCUT2D eigenvalue weighted by Gasteiger charge is -2.47. The molecular formula is C18H21N3O3S. The molecule has 25 heavy (non-hydrogen) atoms. The molecule has 0 bridgehead atoms. The van der Waals surface area contributed by atoms with Crippen molar-refractivity contribution in [3.05, 3.63) is 29.3 Å². The standard InChI is InChI=1S/C18H21N3O3S/c1-24-18(23)12-4-6-20(7-5-12)14-9-21(10-14)17(22)13-2-3-15-16(8-13)25-11-19-15/h2-3,8,11-12,14H,4-7,9-10H2,1H3. The fourth-order valence-corrected chi connectivity index (χ4v) is 4.41. The average Bonchev–Trinajstić information content (AvgIpc) is 3.08. The van der Waals surface area contributed by atoms with Crippen LogP contribution in [0.25, 0.3) is 10.2 Å². The van der Waals surface area contributed by atoms with Crippen molar-refractivity contribution in [1.29, 1.82) is 0 Å². The molecule has 0 radical (unpaired) electrons. The molecule has 1 amide bonds. The van der Waals surface area contributed by atoms with E-state index in [4.69, 9.17) is 4.74 Å². The molecule has 3 heterocycles. The van der Waals surface area contributed by atoms with Crippen molar-refractivity contribution in [3.8, 4) is 0 Å². The van der Waals surface area contributed by atoms with E-state index in [2.05, 4.69) is 9.88 Å². The Balaban J connectivity index is 1.31. The Hall–Kier alpha value is -1.99. The van der Waals surface area contributed by atoms with Crippen LogP contribution in [0, 0.1) is 5.92 Å². The Bertz CT molecular complexity index is 792. The second kappa shape index (κ2) is 6.72. The number of likely N-dealkylation sites (tertiary alicyclic amines) is 2. The third-order valence-electron chi connectivity index (χ3n) is 5.31. The monoisotopic (exact) mass is 359 g/mol. The number of rotatable bonds is 3. The zero-order valence-corrected chi connectivity index (χ0v) is 15.0. The highest BCUT2D eigenvalue weighted by Crippen LogP contribution is 2.26. The van der Waals surface area contributed by atoms with E-state index in [-0.39, 0.29) is 17.8 Å². The largest absolute Gasteiger partial charge is 0.469 e. The molecule has 6 nitrogen and oxygen atoms in total. The summed E-state index contributed by atoms with van der Waals surface area (Å²) in [6, 6.07) is 6.12. The van der Waals surface area contributed by atoms with Crippen molar-refractivity contribution in [2.75, 3.05) is 33.3 Å². The molecule has 2 aliphatic heterocycles. The number of aromatic nitrogens is 1. The predicted octanol–water partition coefficient (Wildman–Crippen LogP) is 2.01. The summed E-state index contributed by atoms with van der Waals surface area (Å²) >= 11 is 1.56. The minimum Gasteiger partial charge on any atom is -0.469 e. The number of fused-ring (bicyclic) bond motifs is 1. The molecule has 2 aliphatic rings. The average molecular weight is 359 g/mol. The van der Waals surface area contributed by atoms with Crippen LogP contribution >= 0.6 is 11.3 Å². The van der Waals surface area contributed by atoms with Gasteiger partial charge in [-0.1, -0.05) is 0 Å². The van der Waals surface area contributed by atoms with E-state index in [1.807, 2.05) is 23.1 Å². The van der Waals surface area contributed by atoms with Crippen molar-refractivity contribution < 1.29 is 14.3 Å². The Kier molecular flexibility index (Phi) is 4.43. The van der Waals surface area contributed by atoms with Gasteiger partial charge >= 0.3 is 5.97 Å². The minimum absolute atomic E-state index is 0.0326. The number of benzene rings is 1. The van der Waals surface area contributed by atoms with Crippen LogP contribution in [0.4, 0.5) is 0 Å².